The van der Waals surface area contributed by atoms with E-state index in [1.807, 2.05) is 18.2 Å². The van der Waals surface area contributed by atoms with Crippen molar-refractivity contribution < 1.29 is 13.2 Å². The highest BCUT2D eigenvalue weighted by atomic mass is 32.2. The smallest absolute Gasteiger partial charge is 0.217 e. The summed E-state index contributed by atoms with van der Waals surface area (Å²) in [6.07, 6.45) is 1.62. The lowest BCUT2D eigenvalue weighted by atomic mass is 10.1. The summed E-state index contributed by atoms with van der Waals surface area (Å²) < 4.78 is 32.1. The van der Waals surface area contributed by atoms with Gasteiger partial charge in [-0.15, -0.1) is 0 Å². The minimum Gasteiger partial charge on any atom is -0.489 e. The molecule has 1 unspecified atom stereocenters. The third-order valence-corrected chi connectivity index (χ3v) is 6.84. The van der Waals surface area contributed by atoms with Crippen LogP contribution in [-0.4, -0.2) is 50.3 Å². The lowest BCUT2D eigenvalue weighted by Crippen LogP contribution is -2.58. The van der Waals surface area contributed by atoms with Gasteiger partial charge in [0.25, 0.3) is 0 Å². The Balaban J connectivity index is 1.58. The second-order valence-corrected chi connectivity index (χ2v) is 8.20. The van der Waals surface area contributed by atoms with E-state index in [4.69, 9.17) is 10.5 Å². The van der Waals surface area contributed by atoms with E-state index >= 15 is 0 Å². The van der Waals surface area contributed by atoms with Crippen LogP contribution in [0.15, 0.2) is 18.2 Å². The molecule has 6 nitrogen and oxygen atoms in total. The van der Waals surface area contributed by atoms with Gasteiger partial charge in [0.05, 0.1) is 17.0 Å². The van der Waals surface area contributed by atoms with Gasteiger partial charge in [-0.1, -0.05) is 0 Å². The Morgan fingerprint density at radius 1 is 1.24 bits per heavy atom. The lowest BCUT2D eigenvalue weighted by molar-refractivity contribution is 0.216. The molecule has 4 rings (SSSR count). The first-order chi connectivity index (χ1) is 10.1. The van der Waals surface area contributed by atoms with Crippen molar-refractivity contribution in [1.29, 1.82) is 0 Å². The van der Waals surface area contributed by atoms with Gasteiger partial charge in [-0.05, 0) is 25.0 Å². The van der Waals surface area contributed by atoms with Gasteiger partial charge < -0.3 is 15.4 Å². The predicted molar refractivity (Wildman–Crippen MR) is 81.0 cm³/mol. The predicted octanol–water partition coefficient (Wildman–Crippen LogP) is 0.644. The minimum absolute atomic E-state index is 0.0865. The SMILES string of the molecule is Nc1ccc2c(c1)OCC1CN(S(=O)(=O)C3CC3)CCN21. The molecule has 2 fully saturated rings. The summed E-state index contributed by atoms with van der Waals surface area (Å²) in [5.74, 6) is 0.796. The highest BCUT2D eigenvalue weighted by molar-refractivity contribution is 7.90. The van der Waals surface area contributed by atoms with E-state index in [9.17, 15) is 8.42 Å². The standard InChI is InChI=1S/C14H19N3O3S/c15-10-1-4-13-14(7-10)20-9-11-8-16(5-6-17(11)13)21(18,19)12-2-3-12/h1,4,7,11-12H,2-3,5-6,8-9,15H2. The Labute approximate surface area is 124 Å². The summed E-state index contributed by atoms with van der Waals surface area (Å²) >= 11 is 0. The first-order valence-corrected chi connectivity index (χ1v) is 8.84. The molecule has 2 aliphatic heterocycles. The van der Waals surface area contributed by atoms with Gasteiger partial charge in [0.15, 0.2) is 0 Å². The largest absolute Gasteiger partial charge is 0.489 e. The number of nitrogen functional groups attached to an aromatic ring is 1. The van der Waals surface area contributed by atoms with E-state index < -0.39 is 10.0 Å². The molecule has 1 aromatic carbocycles. The fourth-order valence-electron chi connectivity index (χ4n) is 3.16. The molecule has 3 aliphatic rings. The Kier molecular flexibility index (Phi) is 2.84. The number of benzene rings is 1. The first kappa shape index (κ1) is 13.2. The molecule has 1 aromatic rings. The van der Waals surface area contributed by atoms with Gasteiger partial charge in [0, 0.05) is 31.4 Å². The maximum absolute atomic E-state index is 12.4. The molecule has 1 saturated carbocycles. The molecule has 0 amide bonds. The first-order valence-electron chi connectivity index (χ1n) is 7.33. The molecule has 1 aliphatic carbocycles. The van der Waals surface area contributed by atoms with Crippen molar-refractivity contribution in [2.75, 3.05) is 36.9 Å². The van der Waals surface area contributed by atoms with Gasteiger partial charge in [-0.3, -0.25) is 0 Å². The molecule has 0 aromatic heterocycles. The summed E-state index contributed by atoms with van der Waals surface area (Å²) in [4.78, 5) is 2.25. The molecule has 0 bridgehead atoms. The number of fused-ring (bicyclic) bond motifs is 3. The summed E-state index contributed by atoms with van der Waals surface area (Å²) in [6.45, 7) is 2.28. The van der Waals surface area contributed by atoms with E-state index in [0.29, 0.717) is 31.9 Å². The van der Waals surface area contributed by atoms with Gasteiger partial charge in [-0.2, -0.15) is 4.31 Å². The number of ether oxygens (including phenoxy) is 1. The number of nitrogens with two attached hydrogens (primary N) is 1. The number of rotatable bonds is 2. The minimum atomic E-state index is -3.09. The van der Waals surface area contributed by atoms with Gasteiger partial charge in [0.1, 0.15) is 12.4 Å². The van der Waals surface area contributed by atoms with Crippen molar-refractivity contribution in [3.05, 3.63) is 18.2 Å². The maximum Gasteiger partial charge on any atom is 0.217 e. The van der Waals surface area contributed by atoms with Crippen LogP contribution in [0.2, 0.25) is 0 Å². The number of anilines is 2. The monoisotopic (exact) mass is 309 g/mol. The van der Waals surface area contributed by atoms with Crippen LogP contribution in [0, 0.1) is 0 Å². The second-order valence-electron chi connectivity index (χ2n) is 5.99. The summed E-state index contributed by atoms with van der Waals surface area (Å²) in [5.41, 5.74) is 7.48. The van der Waals surface area contributed by atoms with Crippen molar-refractivity contribution in [2.45, 2.75) is 24.1 Å². The van der Waals surface area contributed by atoms with Gasteiger partial charge in [-0.25, -0.2) is 8.42 Å². The second kappa shape index (κ2) is 4.51. The average molecular weight is 309 g/mol. The third-order valence-electron chi connectivity index (χ3n) is 4.48. The summed E-state index contributed by atoms with van der Waals surface area (Å²) in [5, 5.41) is -0.138. The Bertz CT molecular complexity index is 672. The van der Waals surface area contributed by atoms with Crippen LogP contribution < -0.4 is 15.4 Å². The van der Waals surface area contributed by atoms with Gasteiger partial charge in [0.2, 0.25) is 10.0 Å². The van der Waals surface area contributed by atoms with Crippen LogP contribution in [0.1, 0.15) is 12.8 Å². The van der Waals surface area contributed by atoms with Crippen LogP contribution in [0.5, 0.6) is 5.75 Å². The van der Waals surface area contributed by atoms with E-state index in [-0.39, 0.29) is 11.3 Å². The molecule has 0 spiro atoms. The van der Waals surface area contributed by atoms with Crippen LogP contribution in [0.4, 0.5) is 11.4 Å². The number of nitrogens with zero attached hydrogens (tertiary/aromatic N) is 2. The van der Waals surface area contributed by atoms with E-state index in [0.717, 1.165) is 24.3 Å². The molecule has 2 N–H and O–H groups in total. The topological polar surface area (TPSA) is 75.9 Å². The van der Waals surface area contributed by atoms with E-state index in [2.05, 4.69) is 4.90 Å². The van der Waals surface area contributed by atoms with Crippen molar-refractivity contribution in [2.24, 2.45) is 0 Å². The number of piperazine rings is 1. The highest BCUT2D eigenvalue weighted by Gasteiger charge is 2.44. The summed E-state index contributed by atoms with van der Waals surface area (Å²) in [7, 11) is -3.09. The average Bonchev–Trinajstić information content (AvgIpc) is 3.31. The third kappa shape index (κ3) is 2.15. The van der Waals surface area contributed by atoms with Gasteiger partial charge >= 0.3 is 0 Å². The highest BCUT2D eigenvalue weighted by Crippen LogP contribution is 2.38. The van der Waals surface area contributed by atoms with Crippen molar-refractivity contribution in [3.63, 3.8) is 0 Å². The van der Waals surface area contributed by atoms with Crippen molar-refractivity contribution >= 4 is 21.4 Å². The zero-order valence-corrected chi connectivity index (χ0v) is 12.6. The molecule has 1 saturated heterocycles. The van der Waals surface area contributed by atoms with Crippen molar-refractivity contribution in [3.8, 4) is 5.75 Å². The maximum atomic E-state index is 12.4. The van der Waals surface area contributed by atoms with E-state index in [1.54, 1.807) is 4.31 Å². The molecule has 114 valence electrons. The molecule has 7 heteroatoms. The molecular weight excluding hydrogens is 290 g/mol. The van der Waals surface area contributed by atoms with E-state index in [1.165, 1.54) is 0 Å². The van der Waals surface area contributed by atoms with Crippen LogP contribution >= 0.6 is 0 Å². The van der Waals surface area contributed by atoms with Crippen LogP contribution in [0.3, 0.4) is 0 Å². The Morgan fingerprint density at radius 2 is 2.05 bits per heavy atom. The quantitative estimate of drug-likeness (QED) is 0.812. The molecule has 2 heterocycles. The van der Waals surface area contributed by atoms with Crippen molar-refractivity contribution in [1.82, 2.24) is 4.31 Å². The molecule has 21 heavy (non-hydrogen) atoms. The molecular formula is C14H19N3O3S. The normalized spacial score (nSPS) is 25.9. The zero-order chi connectivity index (χ0) is 14.6. The van der Waals surface area contributed by atoms with Crippen LogP contribution in [-0.2, 0) is 10.0 Å². The number of sulfonamides is 1. The number of hydrogen-bond acceptors (Lipinski definition) is 5. The zero-order valence-electron chi connectivity index (χ0n) is 11.7. The number of hydrogen-bond donors (Lipinski definition) is 1. The fraction of sp³-hybridized carbons (Fsp3) is 0.571. The fourth-order valence-corrected chi connectivity index (χ4v) is 5.03. The van der Waals surface area contributed by atoms with Crippen LogP contribution in [0.25, 0.3) is 0 Å². The summed E-state index contributed by atoms with van der Waals surface area (Å²) in [6, 6.07) is 5.74. The lowest BCUT2D eigenvalue weighted by Gasteiger charge is -2.45. The molecule has 0 radical (unpaired) electrons. The molecule has 1 atom stereocenters. The Morgan fingerprint density at radius 3 is 2.81 bits per heavy atom. The Hall–Kier alpha value is -1.47.